The van der Waals surface area contributed by atoms with Gasteiger partial charge in [-0.05, 0) is 36.8 Å². The lowest BCUT2D eigenvalue weighted by atomic mass is 9.89. The summed E-state index contributed by atoms with van der Waals surface area (Å²) in [5, 5.41) is 11.4. The lowest BCUT2D eigenvalue weighted by Gasteiger charge is -2.16. The second-order valence-electron chi connectivity index (χ2n) is 6.10. The van der Waals surface area contributed by atoms with E-state index in [4.69, 9.17) is 4.74 Å². The highest BCUT2D eigenvalue weighted by Gasteiger charge is 2.27. The van der Waals surface area contributed by atoms with Gasteiger partial charge in [-0.3, -0.25) is 14.9 Å². The number of nitrogens with zero attached hydrogens (tertiary/aromatic N) is 1. The Morgan fingerprint density at radius 3 is 2.43 bits per heavy atom. The molecule has 0 aliphatic heterocycles. The fraction of sp³-hybridized carbons (Fsp3) is 0.190. The first-order valence-electron chi connectivity index (χ1n) is 8.88. The van der Waals surface area contributed by atoms with Crippen molar-refractivity contribution in [2.45, 2.75) is 29.1 Å². The van der Waals surface area contributed by atoms with E-state index in [1.807, 2.05) is 54.6 Å². The lowest BCUT2D eigenvalue weighted by Crippen LogP contribution is -2.12. The normalized spacial score (nSPS) is 11.8. The highest BCUT2D eigenvalue weighted by Crippen LogP contribution is 2.36. The summed E-state index contributed by atoms with van der Waals surface area (Å²) in [5.74, 6) is -0.841. The summed E-state index contributed by atoms with van der Waals surface area (Å²) >= 11 is 1.63. The zero-order chi connectivity index (χ0) is 19.9. The van der Waals surface area contributed by atoms with Crippen molar-refractivity contribution in [1.82, 2.24) is 4.98 Å². The molecule has 144 valence electrons. The van der Waals surface area contributed by atoms with Gasteiger partial charge in [-0.1, -0.05) is 42.1 Å². The van der Waals surface area contributed by atoms with E-state index in [1.165, 1.54) is 6.20 Å². The molecule has 0 aliphatic carbocycles. The first-order valence-corrected chi connectivity index (χ1v) is 9.69. The summed E-state index contributed by atoms with van der Waals surface area (Å²) < 4.78 is 5.07. The average Bonchev–Trinajstić information content (AvgIpc) is 3.18. The largest absolute Gasteiger partial charge is 0.466 e. The van der Waals surface area contributed by atoms with Gasteiger partial charge in [0.1, 0.15) is 0 Å². The molecule has 0 saturated heterocycles. The maximum atomic E-state index is 12.1. The monoisotopic (exact) mass is 396 g/mol. The number of esters is 1. The van der Waals surface area contributed by atoms with Gasteiger partial charge in [-0.25, -0.2) is 0 Å². The predicted octanol–water partition coefficient (Wildman–Crippen LogP) is 5.16. The first-order chi connectivity index (χ1) is 13.6. The number of benzene rings is 2. The highest BCUT2D eigenvalue weighted by molar-refractivity contribution is 7.99. The van der Waals surface area contributed by atoms with Crippen LogP contribution >= 0.6 is 11.8 Å². The third-order valence-electron chi connectivity index (χ3n) is 4.26. The predicted molar refractivity (Wildman–Crippen MR) is 108 cm³/mol. The Morgan fingerprint density at radius 2 is 1.79 bits per heavy atom. The standard InChI is InChI=1S/C21H20N2O4S/c1-2-27-21(24)12-18(19-13-22-14-20(19)23(25)26)15-8-10-17(11-9-15)28-16-6-4-3-5-7-16/h3-11,13-14,18,22H,2,12H2,1H3. The molecule has 2 aromatic carbocycles. The number of carbonyl (C=O) groups is 1. The topological polar surface area (TPSA) is 85.2 Å². The maximum absolute atomic E-state index is 12.1. The Labute approximate surface area is 167 Å². The van der Waals surface area contributed by atoms with Gasteiger partial charge in [-0.2, -0.15) is 0 Å². The quantitative estimate of drug-likeness (QED) is 0.323. The first kappa shape index (κ1) is 19.7. The Hall–Kier alpha value is -3.06. The Morgan fingerprint density at radius 1 is 1.11 bits per heavy atom. The van der Waals surface area contributed by atoms with Crippen LogP contribution in [0.15, 0.2) is 76.8 Å². The number of carbonyl (C=O) groups excluding carboxylic acids is 1. The maximum Gasteiger partial charge on any atom is 0.306 e. The molecule has 3 rings (SSSR count). The lowest BCUT2D eigenvalue weighted by molar-refractivity contribution is -0.385. The number of H-pyrrole nitrogens is 1. The van der Waals surface area contributed by atoms with E-state index in [9.17, 15) is 14.9 Å². The summed E-state index contributed by atoms with van der Waals surface area (Å²) in [7, 11) is 0. The van der Waals surface area contributed by atoms with Crippen LogP contribution in [0.25, 0.3) is 0 Å². The van der Waals surface area contributed by atoms with Crippen molar-refractivity contribution in [1.29, 1.82) is 0 Å². The summed E-state index contributed by atoms with van der Waals surface area (Å²) in [6.07, 6.45) is 2.96. The SMILES string of the molecule is CCOC(=O)CC(c1ccc(Sc2ccccc2)cc1)c1c[nH]cc1[N+](=O)[O-]. The molecule has 3 aromatic rings. The highest BCUT2D eigenvalue weighted by atomic mass is 32.2. The fourth-order valence-electron chi connectivity index (χ4n) is 2.99. The summed E-state index contributed by atoms with van der Waals surface area (Å²) in [5.41, 5.74) is 1.27. The molecule has 0 aliphatic rings. The molecule has 1 N–H and O–H groups in total. The van der Waals surface area contributed by atoms with Crippen LogP contribution in [0.5, 0.6) is 0 Å². The average molecular weight is 396 g/mol. The number of aromatic amines is 1. The van der Waals surface area contributed by atoms with Gasteiger partial charge in [0, 0.05) is 21.9 Å². The molecule has 1 unspecified atom stereocenters. The molecule has 1 heterocycles. The molecule has 28 heavy (non-hydrogen) atoms. The Kier molecular flexibility index (Phi) is 6.49. The molecule has 0 fully saturated rings. The van der Waals surface area contributed by atoms with E-state index >= 15 is 0 Å². The zero-order valence-corrected chi connectivity index (χ0v) is 16.1. The summed E-state index contributed by atoms with van der Waals surface area (Å²) in [6.45, 7) is 2.01. The van der Waals surface area contributed by atoms with E-state index in [2.05, 4.69) is 4.98 Å². The number of ether oxygens (including phenoxy) is 1. The number of rotatable bonds is 8. The van der Waals surface area contributed by atoms with Crippen LogP contribution in [-0.2, 0) is 9.53 Å². The Balaban J connectivity index is 1.88. The second kappa shape index (κ2) is 9.23. The van der Waals surface area contributed by atoms with E-state index in [1.54, 1.807) is 24.9 Å². The van der Waals surface area contributed by atoms with Gasteiger partial charge < -0.3 is 9.72 Å². The van der Waals surface area contributed by atoms with Gasteiger partial charge in [0.15, 0.2) is 0 Å². The van der Waals surface area contributed by atoms with Crippen molar-refractivity contribution in [2.75, 3.05) is 6.61 Å². The number of hydrogen-bond donors (Lipinski definition) is 1. The number of hydrogen-bond acceptors (Lipinski definition) is 5. The van der Waals surface area contributed by atoms with Crippen molar-refractivity contribution in [3.63, 3.8) is 0 Å². The van der Waals surface area contributed by atoms with Crippen LogP contribution in [0.4, 0.5) is 5.69 Å². The van der Waals surface area contributed by atoms with Gasteiger partial charge in [0.2, 0.25) is 0 Å². The zero-order valence-electron chi connectivity index (χ0n) is 15.3. The minimum absolute atomic E-state index is 0.0305. The van der Waals surface area contributed by atoms with Crippen molar-refractivity contribution in [3.05, 3.63) is 88.2 Å². The molecule has 6 nitrogen and oxygen atoms in total. The van der Waals surface area contributed by atoms with Crippen LogP contribution in [0.1, 0.15) is 30.4 Å². The van der Waals surface area contributed by atoms with Crippen molar-refractivity contribution < 1.29 is 14.5 Å². The molecule has 7 heteroatoms. The molecule has 0 saturated carbocycles. The smallest absolute Gasteiger partial charge is 0.306 e. The van der Waals surface area contributed by atoms with Gasteiger partial charge >= 0.3 is 5.97 Å². The second-order valence-corrected chi connectivity index (χ2v) is 7.25. The van der Waals surface area contributed by atoms with E-state index in [-0.39, 0.29) is 24.7 Å². The summed E-state index contributed by atoms with van der Waals surface area (Å²) in [4.78, 5) is 28.0. The fourth-order valence-corrected chi connectivity index (χ4v) is 3.83. The number of nitro groups is 1. The van der Waals surface area contributed by atoms with E-state index in [0.29, 0.717) is 5.56 Å². The van der Waals surface area contributed by atoms with Crippen LogP contribution in [0.2, 0.25) is 0 Å². The van der Waals surface area contributed by atoms with Gasteiger partial charge in [0.25, 0.3) is 5.69 Å². The molecule has 0 bridgehead atoms. The molecule has 0 spiro atoms. The molecular formula is C21H20N2O4S. The van der Waals surface area contributed by atoms with Gasteiger partial charge in [0.05, 0.1) is 29.7 Å². The number of nitrogens with one attached hydrogen (secondary N) is 1. The third-order valence-corrected chi connectivity index (χ3v) is 5.28. The van der Waals surface area contributed by atoms with Crippen molar-refractivity contribution in [3.8, 4) is 0 Å². The molecule has 0 amide bonds. The molecule has 1 aromatic heterocycles. The minimum atomic E-state index is -0.457. The van der Waals surface area contributed by atoms with Crippen molar-refractivity contribution in [2.24, 2.45) is 0 Å². The summed E-state index contributed by atoms with van der Waals surface area (Å²) in [6, 6.07) is 17.7. The number of aromatic nitrogens is 1. The van der Waals surface area contributed by atoms with Crippen LogP contribution in [-0.4, -0.2) is 22.5 Å². The van der Waals surface area contributed by atoms with Crippen LogP contribution in [0, 0.1) is 10.1 Å². The van der Waals surface area contributed by atoms with Crippen LogP contribution < -0.4 is 0 Å². The third kappa shape index (κ3) is 4.80. The van der Waals surface area contributed by atoms with E-state index in [0.717, 1.165) is 15.4 Å². The van der Waals surface area contributed by atoms with Crippen molar-refractivity contribution >= 4 is 23.4 Å². The van der Waals surface area contributed by atoms with Crippen LogP contribution in [0.3, 0.4) is 0 Å². The molecule has 1 atom stereocenters. The Bertz CT molecular complexity index is 939. The molecular weight excluding hydrogens is 376 g/mol. The molecule has 0 radical (unpaired) electrons. The van der Waals surface area contributed by atoms with Gasteiger partial charge in [-0.15, -0.1) is 0 Å². The van der Waals surface area contributed by atoms with E-state index < -0.39 is 10.8 Å². The minimum Gasteiger partial charge on any atom is -0.466 e.